The van der Waals surface area contributed by atoms with Crippen LogP contribution in [0.4, 0.5) is 0 Å². The molecule has 0 fully saturated rings. The summed E-state index contributed by atoms with van der Waals surface area (Å²) >= 11 is 0. The van der Waals surface area contributed by atoms with Crippen LogP contribution >= 0.6 is 15.6 Å². The van der Waals surface area contributed by atoms with Gasteiger partial charge in [-0.05, 0) is 49.4 Å². The summed E-state index contributed by atoms with van der Waals surface area (Å²) in [6, 6.07) is 0. The van der Waals surface area contributed by atoms with Gasteiger partial charge < -0.3 is 33.8 Å². The monoisotopic (exact) mass is 1520 g/mol. The largest absolute Gasteiger partial charge is 0.472 e. The fraction of sp³-hybridized carbons (Fsp3) is 0.953. The minimum absolute atomic E-state index is 0.106. The first-order valence-electron chi connectivity index (χ1n) is 43.7. The van der Waals surface area contributed by atoms with Crippen molar-refractivity contribution >= 4 is 39.5 Å². The lowest BCUT2D eigenvalue weighted by Gasteiger charge is -2.21. The number of hydrogen-bond acceptors (Lipinski definition) is 15. The van der Waals surface area contributed by atoms with Crippen LogP contribution in [0.5, 0.6) is 0 Å². The average Bonchev–Trinajstić information content (AvgIpc) is 0.904. The van der Waals surface area contributed by atoms with Crippen LogP contribution in [-0.2, 0) is 65.4 Å². The molecule has 0 saturated heterocycles. The molecule has 17 nitrogen and oxygen atoms in total. The molecule has 0 bridgehead atoms. The lowest BCUT2D eigenvalue weighted by Crippen LogP contribution is -2.30. The maximum Gasteiger partial charge on any atom is 0.472 e. The first kappa shape index (κ1) is 102. The molecule has 2 unspecified atom stereocenters. The zero-order chi connectivity index (χ0) is 76.7. The second-order valence-electron chi connectivity index (χ2n) is 32.5. The van der Waals surface area contributed by atoms with Crippen LogP contribution in [0.3, 0.4) is 0 Å². The summed E-state index contributed by atoms with van der Waals surface area (Å²) < 4.78 is 68.9. The number of aliphatic hydroxyl groups excluding tert-OH is 1. The third kappa shape index (κ3) is 78.2. The lowest BCUT2D eigenvalue weighted by molar-refractivity contribution is -0.161. The molecule has 0 radical (unpaired) electrons. The fourth-order valence-corrected chi connectivity index (χ4v) is 14.7. The maximum absolute atomic E-state index is 13.1. The van der Waals surface area contributed by atoms with Crippen molar-refractivity contribution in [3.63, 3.8) is 0 Å². The van der Waals surface area contributed by atoms with E-state index in [1.807, 2.05) is 0 Å². The average molecular weight is 1520 g/mol. The normalized spacial score (nSPS) is 14.0. The second-order valence-corrected chi connectivity index (χ2v) is 35.4. The van der Waals surface area contributed by atoms with Crippen LogP contribution in [0.2, 0.25) is 0 Å². The Hall–Kier alpha value is -1.94. The van der Waals surface area contributed by atoms with Crippen molar-refractivity contribution in [2.75, 3.05) is 39.6 Å². The zero-order valence-electron chi connectivity index (χ0n) is 68.7. The third-order valence-corrected chi connectivity index (χ3v) is 21.7. The van der Waals surface area contributed by atoms with Crippen LogP contribution in [-0.4, -0.2) is 96.7 Å². The molecule has 19 heteroatoms. The molecule has 0 rings (SSSR count). The molecule has 0 aromatic rings. The van der Waals surface area contributed by atoms with Crippen molar-refractivity contribution in [1.29, 1.82) is 0 Å². The van der Waals surface area contributed by atoms with Gasteiger partial charge in [0.25, 0.3) is 0 Å². The number of phosphoric acid groups is 2. The van der Waals surface area contributed by atoms with Crippen molar-refractivity contribution in [3.05, 3.63) is 0 Å². The molecule has 0 amide bonds. The van der Waals surface area contributed by atoms with Gasteiger partial charge in [0.05, 0.1) is 26.4 Å². The quantitative estimate of drug-likeness (QED) is 0.0222. The number of carbonyl (C=O) groups excluding carboxylic acids is 4. The Labute approximate surface area is 638 Å². The van der Waals surface area contributed by atoms with Crippen molar-refractivity contribution in [3.8, 4) is 0 Å². The number of carbonyl (C=O) groups is 4. The lowest BCUT2D eigenvalue weighted by atomic mass is 10.0. The van der Waals surface area contributed by atoms with Crippen molar-refractivity contribution in [2.24, 2.45) is 23.7 Å². The van der Waals surface area contributed by atoms with Crippen molar-refractivity contribution in [1.82, 2.24) is 0 Å². The Kier molecular flexibility index (Phi) is 72.5. The minimum atomic E-state index is -4.97. The van der Waals surface area contributed by atoms with Gasteiger partial charge in [-0.2, -0.15) is 0 Å². The first-order chi connectivity index (χ1) is 50.1. The Bertz CT molecular complexity index is 2020. The molecular formula is C85H166O17P2. The SMILES string of the molecule is CC(C)CCCCCCCCCCCCCCCCCCCCC(=O)O[C@H](COC(=O)CCCCCCCCCCCCCCCCC(C)C)COP(=O)(O)OC[C@@H](O)COP(=O)(O)OC[C@@H](COC(=O)CCCCCCCCCCCCC(C)C)OC(=O)CCCCCCCCCCCCC(C)C. The van der Waals surface area contributed by atoms with Gasteiger partial charge in [0.2, 0.25) is 0 Å². The van der Waals surface area contributed by atoms with E-state index in [2.05, 4.69) is 55.4 Å². The standard InChI is InChI=1S/C85H166O17P2/c1-75(2)61-53-45-37-29-21-17-13-11-9-10-12-14-20-24-35-43-51-59-67-84(89)101-80(71-95-82(87)65-57-49-41-33-23-19-16-15-18-22-30-38-46-54-62-76(3)4)73-99-103(91,92)97-69-79(86)70-98-104(93,94)100-74-81(102-85(90)68-60-52-44-36-28-26-32-40-48-56-64-78(7)8)72-96-83(88)66-58-50-42-34-27-25-31-39-47-55-63-77(5)6/h75-81,86H,9-74H2,1-8H3,(H,91,92)(H,93,94)/t79-,80-,81-/m1/s1. The van der Waals surface area contributed by atoms with Gasteiger partial charge in [-0.15, -0.1) is 0 Å². The van der Waals surface area contributed by atoms with Crippen LogP contribution in [0.25, 0.3) is 0 Å². The van der Waals surface area contributed by atoms with E-state index in [1.54, 1.807) is 0 Å². The van der Waals surface area contributed by atoms with Crippen LogP contribution in [0.1, 0.15) is 441 Å². The summed E-state index contributed by atoms with van der Waals surface area (Å²) in [7, 11) is -9.93. The van der Waals surface area contributed by atoms with E-state index in [4.69, 9.17) is 37.0 Å². The molecule has 0 saturated carbocycles. The van der Waals surface area contributed by atoms with Gasteiger partial charge in [-0.1, -0.05) is 389 Å². The van der Waals surface area contributed by atoms with E-state index in [1.165, 1.54) is 244 Å². The zero-order valence-corrected chi connectivity index (χ0v) is 70.5. The molecule has 104 heavy (non-hydrogen) atoms. The summed E-state index contributed by atoms with van der Waals surface area (Å²) in [5, 5.41) is 10.7. The molecule has 0 aliphatic rings. The highest BCUT2D eigenvalue weighted by atomic mass is 31.2. The van der Waals surface area contributed by atoms with Gasteiger partial charge >= 0.3 is 39.5 Å². The van der Waals surface area contributed by atoms with E-state index in [0.29, 0.717) is 25.7 Å². The molecule has 618 valence electrons. The summed E-state index contributed by atoms with van der Waals surface area (Å²) in [5.41, 5.74) is 0. The molecule has 5 atom stereocenters. The molecule has 0 spiro atoms. The van der Waals surface area contributed by atoms with E-state index >= 15 is 0 Å². The smallest absolute Gasteiger partial charge is 0.462 e. The third-order valence-electron chi connectivity index (χ3n) is 19.8. The number of ether oxygens (including phenoxy) is 4. The van der Waals surface area contributed by atoms with E-state index < -0.39 is 97.5 Å². The van der Waals surface area contributed by atoms with Gasteiger partial charge in [-0.3, -0.25) is 37.3 Å². The number of esters is 4. The molecule has 0 heterocycles. The fourth-order valence-electron chi connectivity index (χ4n) is 13.1. The highest BCUT2D eigenvalue weighted by Gasteiger charge is 2.30. The topological polar surface area (TPSA) is 237 Å². The summed E-state index contributed by atoms with van der Waals surface area (Å²) in [5.74, 6) is 1.02. The molecule has 3 N–H and O–H groups in total. The van der Waals surface area contributed by atoms with Gasteiger partial charge in [0, 0.05) is 25.7 Å². The summed E-state index contributed by atoms with van der Waals surface area (Å²) in [6.45, 7) is 14.3. The van der Waals surface area contributed by atoms with Crippen molar-refractivity contribution < 1.29 is 80.2 Å². The number of rotatable bonds is 82. The Morgan fingerprint density at radius 3 is 0.596 bits per heavy atom. The number of aliphatic hydroxyl groups is 1. The van der Waals surface area contributed by atoms with Gasteiger partial charge in [-0.25, -0.2) is 9.13 Å². The minimum Gasteiger partial charge on any atom is -0.462 e. The first-order valence-corrected chi connectivity index (χ1v) is 46.7. The summed E-state index contributed by atoms with van der Waals surface area (Å²) in [6.07, 6.45) is 62.5. The predicted molar refractivity (Wildman–Crippen MR) is 428 cm³/mol. The molecule has 0 aromatic carbocycles. The van der Waals surface area contributed by atoms with Crippen LogP contribution < -0.4 is 0 Å². The number of phosphoric ester groups is 2. The van der Waals surface area contributed by atoms with E-state index in [0.717, 1.165) is 114 Å². The van der Waals surface area contributed by atoms with E-state index in [9.17, 15) is 43.2 Å². The maximum atomic E-state index is 13.1. The molecule has 0 aromatic heterocycles. The van der Waals surface area contributed by atoms with Crippen LogP contribution in [0.15, 0.2) is 0 Å². The second kappa shape index (κ2) is 73.8. The van der Waals surface area contributed by atoms with Crippen LogP contribution in [0, 0.1) is 23.7 Å². The Morgan fingerprint density at radius 2 is 0.404 bits per heavy atom. The number of hydrogen-bond donors (Lipinski definition) is 3. The summed E-state index contributed by atoms with van der Waals surface area (Å²) in [4.78, 5) is 73.2. The highest BCUT2D eigenvalue weighted by Crippen LogP contribution is 2.45. The highest BCUT2D eigenvalue weighted by molar-refractivity contribution is 7.47. The molecule has 0 aliphatic heterocycles. The Balaban J connectivity index is 5.25. The number of unbranched alkanes of at least 4 members (excludes halogenated alkanes) is 48. The molecular weight excluding hydrogens is 1350 g/mol. The Morgan fingerprint density at radius 1 is 0.240 bits per heavy atom. The van der Waals surface area contributed by atoms with Crippen molar-refractivity contribution in [2.45, 2.75) is 459 Å². The molecule has 0 aliphatic carbocycles. The van der Waals surface area contributed by atoms with Gasteiger partial charge in [0.15, 0.2) is 12.2 Å². The van der Waals surface area contributed by atoms with Gasteiger partial charge in [0.1, 0.15) is 19.3 Å². The van der Waals surface area contributed by atoms with E-state index in [-0.39, 0.29) is 25.7 Å². The predicted octanol–water partition coefficient (Wildman–Crippen LogP) is 25.6.